The zero-order valence-corrected chi connectivity index (χ0v) is 12.9. The summed E-state index contributed by atoms with van der Waals surface area (Å²) in [6.07, 6.45) is 3.47. The number of halogens is 2. The van der Waals surface area contributed by atoms with E-state index >= 15 is 0 Å². The Labute approximate surface area is 131 Å². The minimum absolute atomic E-state index is 0.126. The van der Waals surface area contributed by atoms with Crippen molar-refractivity contribution in [1.29, 1.82) is 0 Å². The lowest BCUT2D eigenvalue weighted by Gasteiger charge is -2.06. The second-order valence-corrected chi connectivity index (χ2v) is 6.84. The fraction of sp³-hybridized carbons (Fsp3) is 0.133. The number of rotatable bonds is 4. The van der Waals surface area contributed by atoms with Gasteiger partial charge in [0.2, 0.25) is 10.0 Å². The van der Waals surface area contributed by atoms with Gasteiger partial charge in [-0.25, -0.2) is 26.9 Å². The molecule has 0 atom stereocenters. The maximum absolute atomic E-state index is 13.6. The second kappa shape index (κ2) is 5.71. The molecule has 0 saturated heterocycles. The Morgan fingerprint density at radius 3 is 2.78 bits per heavy atom. The van der Waals surface area contributed by atoms with Gasteiger partial charge in [-0.2, -0.15) is 0 Å². The molecule has 5 nitrogen and oxygen atoms in total. The van der Waals surface area contributed by atoms with Gasteiger partial charge in [-0.3, -0.25) is 0 Å². The minimum Gasteiger partial charge on any atom is -0.307 e. The molecule has 0 bridgehead atoms. The molecule has 1 aromatic carbocycles. The lowest BCUT2D eigenvalue weighted by molar-refractivity contribution is 0.545. The standard InChI is InChI=1S/C15H13F2N3O2S/c1-10-4-5-20-9-12(19-15(20)6-10)8-18-23(21,22)14-7-11(16)2-3-13(14)17/h2-7,9,18H,8H2,1H3. The largest absolute Gasteiger partial charge is 0.307 e. The Morgan fingerprint density at radius 1 is 1.22 bits per heavy atom. The molecule has 2 aromatic heterocycles. The first-order valence-corrected chi connectivity index (χ1v) is 8.22. The van der Waals surface area contributed by atoms with Crippen LogP contribution in [0.5, 0.6) is 0 Å². The lowest BCUT2D eigenvalue weighted by atomic mass is 10.3. The molecular weight excluding hydrogens is 324 g/mol. The highest BCUT2D eigenvalue weighted by Gasteiger charge is 2.20. The molecule has 0 aliphatic carbocycles. The van der Waals surface area contributed by atoms with Crippen LogP contribution in [0, 0.1) is 18.6 Å². The molecule has 0 aliphatic heterocycles. The van der Waals surface area contributed by atoms with E-state index in [2.05, 4.69) is 9.71 Å². The fourth-order valence-electron chi connectivity index (χ4n) is 2.15. The maximum Gasteiger partial charge on any atom is 0.243 e. The van der Waals surface area contributed by atoms with Gasteiger partial charge in [0.1, 0.15) is 22.2 Å². The molecule has 0 unspecified atom stereocenters. The Hall–Kier alpha value is -2.32. The molecule has 0 fully saturated rings. The van der Waals surface area contributed by atoms with E-state index in [1.54, 1.807) is 10.6 Å². The number of benzene rings is 1. The van der Waals surface area contributed by atoms with Crippen molar-refractivity contribution in [3.05, 3.63) is 65.6 Å². The van der Waals surface area contributed by atoms with Gasteiger partial charge in [0.05, 0.1) is 12.2 Å². The van der Waals surface area contributed by atoms with Gasteiger partial charge in [0.25, 0.3) is 0 Å². The lowest BCUT2D eigenvalue weighted by Crippen LogP contribution is -2.24. The van der Waals surface area contributed by atoms with Gasteiger partial charge in [-0.15, -0.1) is 0 Å². The van der Waals surface area contributed by atoms with Crippen LogP contribution in [0.15, 0.2) is 47.6 Å². The minimum atomic E-state index is -4.17. The molecule has 3 aromatic rings. The molecule has 23 heavy (non-hydrogen) atoms. The van der Waals surface area contributed by atoms with Crippen molar-refractivity contribution >= 4 is 15.7 Å². The predicted molar refractivity (Wildman–Crippen MR) is 80.3 cm³/mol. The summed E-state index contributed by atoms with van der Waals surface area (Å²) in [7, 11) is -4.17. The summed E-state index contributed by atoms with van der Waals surface area (Å²) in [6.45, 7) is 1.79. The molecule has 3 rings (SSSR count). The number of sulfonamides is 1. The van der Waals surface area contributed by atoms with Crippen LogP contribution in [-0.2, 0) is 16.6 Å². The summed E-state index contributed by atoms with van der Waals surface area (Å²) in [5.74, 6) is -1.83. The fourth-order valence-corrected chi connectivity index (χ4v) is 3.24. The number of imidazole rings is 1. The van der Waals surface area contributed by atoms with E-state index < -0.39 is 26.6 Å². The summed E-state index contributed by atoms with van der Waals surface area (Å²) in [6, 6.07) is 6.02. The number of nitrogens with one attached hydrogen (secondary N) is 1. The predicted octanol–water partition coefficient (Wildman–Crippen LogP) is 2.40. The van der Waals surface area contributed by atoms with Crippen LogP contribution in [0.25, 0.3) is 5.65 Å². The molecule has 0 saturated carbocycles. The average molecular weight is 337 g/mol. The van der Waals surface area contributed by atoms with Gasteiger partial charge < -0.3 is 4.40 Å². The van der Waals surface area contributed by atoms with Crippen LogP contribution in [0.1, 0.15) is 11.3 Å². The Kier molecular flexibility index (Phi) is 3.87. The maximum atomic E-state index is 13.6. The Balaban J connectivity index is 1.84. The highest BCUT2D eigenvalue weighted by Crippen LogP contribution is 2.16. The highest BCUT2D eigenvalue weighted by molar-refractivity contribution is 7.89. The zero-order valence-electron chi connectivity index (χ0n) is 12.1. The van der Waals surface area contributed by atoms with Gasteiger partial charge in [0, 0.05) is 12.4 Å². The first kappa shape index (κ1) is 15.6. The van der Waals surface area contributed by atoms with Crippen molar-refractivity contribution in [2.24, 2.45) is 0 Å². The van der Waals surface area contributed by atoms with Crippen molar-refractivity contribution in [2.75, 3.05) is 0 Å². The van der Waals surface area contributed by atoms with Crippen molar-refractivity contribution in [3.8, 4) is 0 Å². The SMILES string of the molecule is Cc1ccn2cc(CNS(=O)(=O)c3cc(F)ccc3F)nc2c1. The van der Waals surface area contributed by atoms with Crippen molar-refractivity contribution in [3.63, 3.8) is 0 Å². The van der Waals surface area contributed by atoms with E-state index in [4.69, 9.17) is 0 Å². The van der Waals surface area contributed by atoms with E-state index in [-0.39, 0.29) is 6.54 Å². The van der Waals surface area contributed by atoms with E-state index in [0.29, 0.717) is 17.4 Å². The van der Waals surface area contributed by atoms with E-state index in [1.807, 2.05) is 25.3 Å². The van der Waals surface area contributed by atoms with E-state index in [1.165, 1.54) is 0 Å². The third kappa shape index (κ3) is 3.22. The van der Waals surface area contributed by atoms with Crippen LogP contribution in [0.2, 0.25) is 0 Å². The molecule has 120 valence electrons. The summed E-state index contributed by atoms with van der Waals surface area (Å²) in [5, 5.41) is 0. The number of hydrogen-bond acceptors (Lipinski definition) is 3. The van der Waals surface area contributed by atoms with Crippen LogP contribution >= 0.6 is 0 Å². The quantitative estimate of drug-likeness (QED) is 0.795. The summed E-state index contributed by atoms with van der Waals surface area (Å²) in [5.41, 5.74) is 2.17. The summed E-state index contributed by atoms with van der Waals surface area (Å²) in [4.78, 5) is 3.55. The molecule has 1 N–H and O–H groups in total. The number of aromatic nitrogens is 2. The first-order chi connectivity index (χ1) is 10.8. The van der Waals surface area contributed by atoms with Crippen LogP contribution in [0.4, 0.5) is 8.78 Å². The van der Waals surface area contributed by atoms with Crippen LogP contribution < -0.4 is 4.72 Å². The topological polar surface area (TPSA) is 63.5 Å². The summed E-state index contributed by atoms with van der Waals surface area (Å²) >= 11 is 0. The molecule has 8 heteroatoms. The number of aryl methyl sites for hydroxylation is 1. The molecule has 0 amide bonds. The third-order valence-corrected chi connectivity index (χ3v) is 4.71. The van der Waals surface area contributed by atoms with Crippen LogP contribution in [-0.4, -0.2) is 17.8 Å². The van der Waals surface area contributed by atoms with E-state index in [9.17, 15) is 17.2 Å². The molecule has 2 heterocycles. The van der Waals surface area contributed by atoms with Gasteiger partial charge in [0.15, 0.2) is 0 Å². The Bertz CT molecular complexity index is 984. The van der Waals surface area contributed by atoms with Crippen molar-refractivity contribution in [1.82, 2.24) is 14.1 Å². The highest BCUT2D eigenvalue weighted by atomic mass is 32.2. The van der Waals surface area contributed by atoms with Gasteiger partial charge >= 0.3 is 0 Å². The molecule has 0 radical (unpaired) electrons. The monoisotopic (exact) mass is 337 g/mol. The molecule has 0 spiro atoms. The van der Waals surface area contributed by atoms with Gasteiger partial charge in [-0.05, 0) is 42.8 Å². The van der Waals surface area contributed by atoms with Crippen LogP contribution in [0.3, 0.4) is 0 Å². The number of pyridine rings is 1. The van der Waals surface area contributed by atoms with Crippen molar-refractivity contribution < 1.29 is 17.2 Å². The average Bonchev–Trinajstić information content (AvgIpc) is 2.89. The molecular formula is C15H13F2N3O2S. The first-order valence-electron chi connectivity index (χ1n) is 6.74. The van der Waals surface area contributed by atoms with Gasteiger partial charge in [-0.1, -0.05) is 0 Å². The third-order valence-electron chi connectivity index (χ3n) is 3.29. The van der Waals surface area contributed by atoms with E-state index in [0.717, 1.165) is 17.7 Å². The number of hydrogen-bond donors (Lipinski definition) is 1. The summed E-state index contributed by atoms with van der Waals surface area (Å²) < 4.78 is 54.9. The number of fused-ring (bicyclic) bond motifs is 1. The zero-order chi connectivity index (χ0) is 16.6. The Morgan fingerprint density at radius 2 is 2.00 bits per heavy atom. The van der Waals surface area contributed by atoms with Crippen molar-refractivity contribution in [2.45, 2.75) is 18.4 Å². The number of nitrogens with zero attached hydrogens (tertiary/aromatic N) is 2. The normalized spacial score (nSPS) is 12.0. The molecule has 0 aliphatic rings. The second-order valence-electron chi connectivity index (χ2n) is 5.10. The smallest absolute Gasteiger partial charge is 0.243 e.